The summed E-state index contributed by atoms with van der Waals surface area (Å²) >= 11 is 0. The van der Waals surface area contributed by atoms with Crippen LogP contribution in [0.5, 0.6) is 11.5 Å². The van der Waals surface area contributed by atoms with E-state index in [1.54, 1.807) is 31.2 Å². The van der Waals surface area contributed by atoms with Crippen LogP contribution in [-0.2, 0) is 71.8 Å². The molecule has 3 aromatic rings. The highest BCUT2D eigenvalue weighted by Crippen LogP contribution is 2.31. The normalized spacial score (nSPS) is 10.9. The van der Waals surface area contributed by atoms with Crippen LogP contribution in [0, 0.1) is 5.41 Å². The molecule has 0 aromatic heterocycles. The van der Waals surface area contributed by atoms with Gasteiger partial charge in [-0.25, -0.2) is 9.59 Å². The predicted octanol–water partition coefficient (Wildman–Crippen LogP) is 8.60. The number of carbonyl (C=O) groups is 7. The first kappa shape index (κ1) is 52.0. The molecule has 0 heterocycles. The Balaban J connectivity index is 1.84. The molecule has 0 fully saturated rings. The monoisotopic (exact) mass is 882 g/mol. The minimum atomic E-state index is -1.51. The maximum Gasteiger partial charge on any atom is 0.333 e. The molecule has 0 unspecified atom stereocenters. The van der Waals surface area contributed by atoms with Crippen molar-refractivity contribution < 1.29 is 62.0 Å². The van der Waals surface area contributed by atoms with Crippen LogP contribution >= 0.6 is 0 Å². The number of carbonyl (C=O) groups excluding carboxylic acids is 7. The van der Waals surface area contributed by atoms with E-state index in [1.807, 2.05) is 18.2 Å². The minimum absolute atomic E-state index is 0.0815. The zero-order valence-corrected chi connectivity index (χ0v) is 37.9. The molecule has 0 aliphatic rings. The molecule has 0 amide bonds. The fraction of sp³-hybridized carbons (Fsp3) is 0.431. The van der Waals surface area contributed by atoms with Crippen molar-refractivity contribution in [2.75, 3.05) is 33.0 Å². The van der Waals surface area contributed by atoms with E-state index in [0.29, 0.717) is 36.3 Å². The van der Waals surface area contributed by atoms with Crippen LogP contribution in [0.3, 0.4) is 0 Å². The van der Waals surface area contributed by atoms with Gasteiger partial charge in [0.25, 0.3) is 0 Å². The summed E-state index contributed by atoms with van der Waals surface area (Å²) in [6.07, 6.45) is 6.40. The van der Waals surface area contributed by atoms with Gasteiger partial charge >= 0.3 is 29.8 Å². The lowest BCUT2D eigenvalue weighted by atomic mass is 9.91. The van der Waals surface area contributed by atoms with E-state index in [2.05, 4.69) is 44.3 Å². The second-order valence-electron chi connectivity index (χ2n) is 16.2. The first-order chi connectivity index (χ1) is 30.5. The number of unbranched alkanes of at least 4 members (excludes halogenated alkanes) is 3. The molecule has 0 saturated carbocycles. The van der Waals surface area contributed by atoms with E-state index < -0.39 is 73.5 Å². The number of aryl methyl sites for hydroxylation is 3. The fourth-order valence-corrected chi connectivity index (χ4v) is 6.22. The first-order valence-corrected chi connectivity index (χ1v) is 21.6. The zero-order valence-electron chi connectivity index (χ0n) is 37.9. The summed E-state index contributed by atoms with van der Waals surface area (Å²) in [5.74, 6) is -3.48. The average Bonchev–Trinajstić information content (AvgIpc) is 3.25. The number of ether oxygens (including phenoxy) is 6. The number of ketones is 2. The Morgan fingerprint density at radius 2 is 1.09 bits per heavy atom. The summed E-state index contributed by atoms with van der Waals surface area (Å²) in [7, 11) is 0. The molecule has 344 valence electrons. The molecule has 0 N–H and O–H groups in total. The summed E-state index contributed by atoms with van der Waals surface area (Å²) in [5, 5.41) is 0. The maximum absolute atomic E-state index is 12.8. The highest BCUT2D eigenvalue weighted by molar-refractivity contribution is 5.94. The molecule has 0 spiro atoms. The molecular weight excluding hydrogens is 821 g/mol. The molecule has 3 rings (SSSR count). The molecule has 0 bridgehead atoms. The Bertz CT molecular complexity index is 2060. The summed E-state index contributed by atoms with van der Waals surface area (Å²) in [5.41, 5.74) is 3.46. The molecule has 13 nitrogen and oxygen atoms in total. The van der Waals surface area contributed by atoms with Gasteiger partial charge in [0.1, 0.15) is 67.7 Å². The number of hydrogen-bond donors (Lipinski definition) is 0. The smallest absolute Gasteiger partial charge is 0.333 e. The SMILES string of the molecule is C=C(C)C(=O)OCCCc1cc(-c2ccc(OC(=O)CCc3ccc(CCCCCC)cc3)cc2)ccc1OCC(COC(=O)CC(C)=O)(COC(=O)CC(C)=O)COC(=O)C(=C)C. The molecule has 0 radical (unpaired) electrons. The van der Waals surface area contributed by atoms with Gasteiger partial charge in [-0.15, -0.1) is 0 Å². The molecular formula is C51H62O13. The van der Waals surface area contributed by atoms with Crippen molar-refractivity contribution in [2.45, 2.75) is 105 Å². The van der Waals surface area contributed by atoms with Gasteiger partial charge in [-0.2, -0.15) is 0 Å². The predicted molar refractivity (Wildman–Crippen MR) is 240 cm³/mol. The van der Waals surface area contributed by atoms with Crippen molar-refractivity contribution in [1.82, 2.24) is 0 Å². The van der Waals surface area contributed by atoms with E-state index in [0.717, 1.165) is 23.1 Å². The molecule has 0 aliphatic heterocycles. The minimum Gasteiger partial charge on any atom is -0.492 e. The van der Waals surface area contributed by atoms with E-state index in [4.69, 9.17) is 28.4 Å². The van der Waals surface area contributed by atoms with Gasteiger partial charge in [-0.05, 0) is 112 Å². The third-order valence-corrected chi connectivity index (χ3v) is 9.87. The first-order valence-electron chi connectivity index (χ1n) is 21.6. The lowest BCUT2D eigenvalue weighted by Crippen LogP contribution is -2.44. The van der Waals surface area contributed by atoms with E-state index in [1.165, 1.54) is 52.0 Å². The van der Waals surface area contributed by atoms with Gasteiger partial charge < -0.3 is 28.4 Å². The molecule has 3 aromatic carbocycles. The topological polar surface area (TPSA) is 175 Å². The fourth-order valence-electron chi connectivity index (χ4n) is 6.22. The quantitative estimate of drug-likeness (QED) is 0.0162. The van der Waals surface area contributed by atoms with E-state index in [9.17, 15) is 33.6 Å². The summed E-state index contributed by atoms with van der Waals surface area (Å²) in [6.45, 7) is 13.1. The highest BCUT2D eigenvalue weighted by atomic mass is 16.6. The number of esters is 5. The van der Waals surface area contributed by atoms with Crippen LogP contribution in [0.1, 0.15) is 103 Å². The van der Waals surface area contributed by atoms with Crippen molar-refractivity contribution in [1.29, 1.82) is 0 Å². The van der Waals surface area contributed by atoms with Crippen LogP contribution < -0.4 is 9.47 Å². The standard InChI is InChI=1S/C51H62O13/c1-8-9-10-11-13-39-15-17-40(18-16-39)19-26-46(54)64-44-23-20-41(21-24-44)42-22-25-45(43(30-42)14-12-27-59-49(57)35(2)3)60-31-51(34-63-50(58)36(4)5,32-61-47(55)28-37(6)52)33-62-48(56)29-38(7)53/h15-18,20-25,30H,2,4,8-14,19,26-29,31-34H2,1,3,5-7H3. The molecule has 0 saturated heterocycles. The van der Waals surface area contributed by atoms with Crippen molar-refractivity contribution in [3.63, 3.8) is 0 Å². The van der Waals surface area contributed by atoms with Crippen LogP contribution in [-0.4, -0.2) is 74.4 Å². The average molecular weight is 883 g/mol. The second kappa shape index (κ2) is 27.0. The third kappa shape index (κ3) is 19.3. The lowest BCUT2D eigenvalue weighted by molar-refractivity contribution is -0.163. The maximum atomic E-state index is 12.8. The number of benzene rings is 3. The molecule has 0 atom stereocenters. The second-order valence-corrected chi connectivity index (χ2v) is 16.2. The van der Waals surface area contributed by atoms with Gasteiger partial charge in [-0.3, -0.25) is 24.0 Å². The molecule has 0 aliphatic carbocycles. The van der Waals surface area contributed by atoms with E-state index >= 15 is 0 Å². The van der Waals surface area contributed by atoms with Crippen LogP contribution in [0.25, 0.3) is 11.1 Å². The van der Waals surface area contributed by atoms with Gasteiger partial charge in [0.15, 0.2) is 0 Å². The molecule has 64 heavy (non-hydrogen) atoms. The Kier molecular flexibility index (Phi) is 21.9. The zero-order chi connectivity index (χ0) is 47.1. The van der Waals surface area contributed by atoms with Crippen LogP contribution in [0.4, 0.5) is 0 Å². The van der Waals surface area contributed by atoms with Gasteiger partial charge in [0.2, 0.25) is 0 Å². The highest BCUT2D eigenvalue weighted by Gasteiger charge is 2.38. The number of hydrogen-bond acceptors (Lipinski definition) is 13. The van der Waals surface area contributed by atoms with Gasteiger partial charge in [0, 0.05) is 17.6 Å². The van der Waals surface area contributed by atoms with Crippen molar-refractivity contribution in [3.05, 3.63) is 108 Å². The molecule has 13 heteroatoms. The Hall–Kier alpha value is -6.37. The largest absolute Gasteiger partial charge is 0.492 e. The Labute approximate surface area is 376 Å². The van der Waals surface area contributed by atoms with Crippen molar-refractivity contribution in [3.8, 4) is 22.6 Å². The van der Waals surface area contributed by atoms with Gasteiger partial charge in [-0.1, -0.05) is 81.8 Å². The van der Waals surface area contributed by atoms with E-state index in [-0.39, 0.29) is 36.8 Å². The Morgan fingerprint density at radius 1 is 0.547 bits per heavy atom. The van der Waals surface area contributed by atoms with Crippen LogP contribution in [0.2, 0.25) is 0 Å². The van der Waals surface area contributed by atoms with Crippen molar-refractivity contribution >= 4 is 41.4 Å². The lowest BCUT2D eigenvalue weighted by Gasteiger charge is -2.32. The van der Waals surface area contributed by atoms with Crippen molar-refractivity contribution in [2.24, 2.45) is 5.41 Å². The summed E-state index contributed by atoms with van der Waals surface area (Å²) in [4.78, 5) is 85.8. The Morgan fingerprint density at radius 3 is 1.66 bits per heavy atom. The summed E-state index contributed by atoms with van der Waals surface area (Å²) in [6, 6.07) is 20.9. The van der Waals surface area contributed by atoms with Crippen LogP contribution in [0.15, 0.2) is 91.0 Å². The summed E-state index contributed by atoms with van der Waals surface area (Å²) < 4.78 is 33.7. The number of Topliss-reactive ketones (excluding diaryl/α,β-unsaturated/α-hetero) is 2. The number of rotatable bonds is 29. The van der Waals surface area contributed by atoms with Gasteiger partial charge in [0.05, 0.1) is 6.61 Å². The third-order valence-electron chi connectivity index (χ3n) is 9.87.